The molecule has 7 heteroatoms. The molecule has 1 aliphatic heterocycles. The van der Waals surface area contributed by atoms with E-state index < -0.39 is 6.04 Å². The SMILES string of the molecule is CN(C)C(=O)c1cccc(NC2=NC(c3ccccc3)C(=O)N2)c1O. The first-order chi connectivity index (χ1) is 12.0. The molecule has 2 aromatic rings. The molecule has 25 heavy (non-hydrogen) atoms. The number of nitrogens with zero attached hydrogens (tertiary/aromatic N) is 2. The molecular formula is C18H18N4O3. The number of phenolic OH excluding ortho intramolecular Hbond substituents is 1. The van der Waals surface area contributed by atoms with E-state index in [0.717, 1.165) is 5.56 Å². The number of phenols is 1. The lowest BCUT2D eigenvalue weighted by atomic mass is 10.1. The zero-order chi connectivity index (χ0) is 18.0. The molecule has 0 saturated heterocycles. The Balaban J connectivity index is 1.85. The summed E-state index contributed by atoms with van der Waals surface area (Å²) in [5.41, 5.74) is 1.23. The second-order valence-corrected chi connectivity index (χ2v) is 5.81. The smallest absolute Gasteiger partial charge is 0.257 e. The van der Waals surface area contributed by atoms with Crippen LogP contribution in [0.4, 0.5) is 5.69 Å². The molecule has 2 aromatic carbocycles. The summed E-state index contributed by atoms with van der Waals surface area (Å²) in [5, 5.41) is 15.9. The number of benzene rings is 2. The number of aromatic hydroxyl groups is 1. The fourth-order valence-electron chi connectivity index (χ4n) is 2.52. The minimum Gasteiger partial charge on any atom is -0.505 e. The topological polar surface area (TPSA) is 94.0 Å². The highest BCUT2D eigenvalue weighted by Gasteiger charge is 2.28. The van der Waals surface area contributed by atoms with Crippen LogP contribution in [-0.2, 0) is 4.79 Å². The lowest BCUT2D eigenvalue weighted by molar-refractivity contribution is -0.120. The van der Waals surface area contributed by atoms with Crippen LogP contribution >= 0.6 is 0 Å². The molecule has 3 rings (SSSR count). The van der Waals surface area contributed by atoms with Crippen molar-refractivity contribution in [3.8, 4) is 5.75 Å². The highest BCUT2D eigenvalue weighted by atomic mass is 16.3. The summed E-state index contributed by atoms with van der Waals surface area (Å²) in [7, 11) is 3.21. The standard InChI is InChI=1S/C18H18N4O3/c1-22(2)17(25)12-9-6-10-13(15(12)23)19-18-20-14(16(24)21-18)11-7-4-3-5-8-11/h3-10,14,23H,1-2H3,(H2,19,20,21,24). The van der Waals surface area contributed by atoms with Gasteiger partial charge in [-0.15, -0.1) is 0 Å². The fourth-order valence-corrected chi connectivity index (χ4v) is 2.52. The molecule has 1 unspecified atom stereocenters. The molecule has 0 fully saturated rings. The number of anilines is 1. The van der Waals surface area contributed by atoms with Gasteiger partial charge in [0.2, 0.25) is 5.96 Å². The predicted molar refractivity (Wildman–Crippen MR) is 94.5 cm³/mol. The maximum absolute atomic E-state index is 12.1. The zero-order valence-electron chi connectivity index (χ0n) is 13.9. The van der Waals surface area contributed by atoms with Crippen LogP contribution in [0.1, 0.15) is 22.0 Å². The van der Waals surface area contributed by atoms with Gasteiger partial charge in [-0.2, -0.15) is 0 Å². The molecule has 1 atom stereocenters. The van der Waals surface area contributed by atoms with Gasteiger partial charge in [0.1, 0.15) is 0 Å². The molecule has 0 saturated carbocycles. The van der Waals surface area contributed by atoms with E-state index in [4.69, 9.17) is 0 Å². The van der Waals surface area contributed by atoms with Gasteiger partial charge in [-0.1, -0.05) is 36.4 Å². The van der Waals surface area contributed by atoms with Crippen molar-refractivity contribution in [1.29, 1.82) is 0 Å². The Kier molecular flexibility index (Phi) is 4.38. The summed E-state index contributed by atoms with van der Waals surface area (Å²) in [4.78, 5) is 29.9. The molecule has 0 spiro atoms. The molecule has 128 valence electrons. The lowest BCUT2D eigenvalue weighted by Crippen LogP contribution is -2.31. The van der Waals surface area contributed by atoms with Gasteiger partial charge >= 0.3 is 0 Å². The maximum atomic E-state index is 12.1. The second kappa shape index (κ2) is 6.64. The number of para-hydroxylation sites is 1. The van der Waals surface area contributed by atoms with Gasteiger partial charge in [0.05, 0.1) is 11.3 Å². The predicted octanol–water partition coefficient (Wildman–Crippen LogP) is 1.73. The first kappa shape index (κ1) is 16.5. The highest BCUT2D eigenvalue weighted by molar-refractivity contribution is 6.11. The lowest BCUT2D eigenvalue weighted by Gasteiger charge is -2.14. The number of amides is 2. The first-order valence-electron chi connectivity index (χ1n) is 7.71. The molecule has 0 aliphatic carbocycles. The van der Waals surface area contributed by atoms with Crippen LogP contribution in [0.15, 0.2) is 53.5 Å². The minimum atomic E-state index is -0.641. The van der Waals surface area contributed by atoms with Crippen LogP contribution < -0.4 is 10.6 Å². The zero-order valence-corrected chi connectivity index (χ0v) is 13.9. The van der Waals surface area contributed by atoms with E-state index >= 15 is 0 Å². The van der Waals surface area contributed by atoms with Crippen molar-refractivity contribution in [2.75, 3.05) is 19.4 Å². The van der Waals surface area contributed by atoms with Gasteiger partial charge in [-0.3, -0.25) is 14.9 Å². The minimum absolute atomic E-state index is 0.166. The molecule has 7 nitrogen and oxygen atoms in total. The molecular weight excluding hydrogens is 320 g/mol. The van der Waals surface area contributed by atoms with E-state index in [0.29, 0.717) is 5.69 Å². The molecule has 0 bridgehead atoms. The molecule has 1 heterocycles. The number of nitrogens with one attached hydrogen (secondary N) is 2. The number of aliphatic imine (C=N–C) groups is 1. The quantitative estimate of drug-likeness (QED) is 0.743. The monoisotopic (exact) mass is 338 g/mol. The Morgan fingerprint density at radius 1 is 1.16 bits per heavy atom. The molecule has 2 amide bonds. The van der Waals surface area contributed by atoms with E-state index in [1.165, 1.54) is 11.0 Å². The molecule has 0 radical (unpaired) electrons. The van der Waals surface area contributed by atoms with Gasteiger partial charge < -0.3 is 15.3 Å². The number of carbonyl (C=O) groups is 2. The van der Waals surface area contributed by atoms with Crippen molar-refractivity contribution in [3.63, 3.8) is 0 Å². The Bertz CT molecular complexity index is 847. The normalized spacial score (nSPS) is 16.2. The number of hydrogen-bond donors (Lipinski definition) is 3. The summed E-state index contributed by atoms with van der Waals surface area (Å²) in [5.74, 6) is -0.542. The summed E-state index contributed by atoms with van der Waals surface area (Å²) < 4.78 is 0. The molecule has 3 N–H and O–H groups in total. The van der Waals surface area contributed by atoms with E-state index in [9.17, 15) is 14.7 Å². The Labute approximate surface area is 145 Å². The van der Waals surface area contributed by atoms with E-state index in [1.807, 2.05) is 30.3 Å². The van der Waals surface area contributed by atoms with Crippen molar-refractivity contribution in [2.45, 2.75) is 6.04 Å². The van der Waals surface area contributed by atoms with Gasteiger partial charge in [0.15, 0.2) is 11.8 Å². The van der Waals surface area contributed by atoms with Crippen molar-refractivity contribution in [2.24, 2.45) is 4.99 Å². The van der Waals surface area contributed by atoms with Crippen LogP contribution in [-0.4, -0.2) is 41.9 Å². The summed E-state index contributed by atoms with van der Waals surface area (Å²) in [6.07, 6.45) is 0. The van der Waals surface area contributed by atoms with E-state index in [2.05, 4.69) is 15.6 Å². The van der Waals surface area contributed by atoms with Crippen LogP contribution in [0.2, 0.25) is 0 Å². The number of guanidine groups is 1. The van der Waals surface area contributed by atoms with E-state index in [-0.39, 0.29) is 29.1 Å². The van der Waals surface area contributed by atoms with Crippen LogP contribution in [0, 0.1) is 0 Å². The van der Waals surface area contributed by atoms with E-state index in [1.54, 1.807) is 26.2 Å². The molecule has 1 aliphatic rings. The average Bonchev–Trinajstić information content (AvgIpc) is 2.97. The first-order valence-corrected chi connectivity index (χ1v) is 7.71. The fraction of sp³-hybridized carbons (Fsp3) is 0.167. The number of carbonyl (C=O) groups excluding carboxylic acids is 2. The van der Waals surface area contributed by atoms with Crippen LogP contribution in [0.5, 0.6) is 5.75 Å². The van der Waals surface area contributed by atoms with Crippen molar-refractivity contribution >= 4 is 23.5 Å². The maximum Gasteiger partial charge on any atom is 0.257 e. The Morgan fingerprint density at radius 3 is 2.56 bits per heavy atom. The Hall–Kier alpha value is -3.35. The number of rotatable bonds is 3. The average molecular weight is 338 g/mol. The van der Waals surface area contributed by atoms with Gasteiger partial charge in [-0.25, -0.2) is 4.99 Å². The van der Waals surface area contributed by atoms with Gasteiger partial charge in [0, 0.05) is 14.1 Å². The Morgan fingerprint density at radius 2 is 1.88 bits per heavy atom. The third-order valence-electron chi connectivity index (χ3n) is 3.79. The summed E-state index contributed by atoms with van der Waals surface area (Å²) >= 11 is 0. The third kappa shape index (κ3) is 3.30. The summed E-state index contributed by atoms with van der Waals surface area (Å²) in [6.45, 7) is 0. The third-order valence-corrected chi connectivity index (χ3v) is 3.79. The van der Waals surface area contributed by atoms with Crippen molar-refractivity contribution in [1.82, 2.24) is 10.2 Å². The largest absolute Gasteiger partial charge is 0.505 e. The van der Waals surface area contributed by atoms with Crippen molar-refractivity contribution < 1.29 is 14.7 Å². The highest BCUT2D eigenvalue weighted by Crippen LogP contribution is 2.29. The second-order valence-electron chi connectivity index (χ2n) is 5.81. The molecule has 0 aromatic heterocycles. The van der Waals surface area contributed by atoms with Gasteiger partial charge in [-0.05, 0) is 17.7 Å². The number of hydrogen-bond acceptors (Lipinski definition) is 5. The summed E-state index contributed by atoms with van der Waals surface area (Å²) in [6, 6.07) is 13.3. The van der Waals surface area contributed by atoms with Gasteiger partial charge in [0.25, 0.3) is 11.8 Å². The van der Waals surface area contributed by atoms with Crippen molar-refractivity contribution in [3.05, 3.63) is 59.7 Å². The van der Waals surface area contributed by atoms with Crippen LogP contribution in [0.25, 0.3) is 0 Å². The van der Waals surface area contributed by atoms with Crippen LogP contribution in [0.3, 0.4) is 0 Å².